The molecular formula is C11H13BrClNO3. The summed E-state index contributed by atoms with van der Waals surface area (Å²) in [5, 5.41) is 22.0. The molecule has 1 aromatic rings. The lowest BCUT2D eigenvalue weighted by Gasteiger charge is -2.19. The Morgan fingerprint density at radius 2 is 2.24 bits per heavy atom. The summed E-state index contributed by atoms with van der Waals surface area (Å²) in [6, 6.07) is 2.66. The molecule has 0 radical (unpaired) electrons. The standard InChI is InChI=1S/C11H13BrClNO3/c1-6(16)14-10(2-3-15)8-4-7(13)5-9(12)11(8)17/h4-5,10,15,17H,2-3H2,1H3,(H,14,16). The molecule has 1 rings (SSSR count). The molecule has 94 valence electrons. The van der Waals surface area contributed by atoms with Crippen LogP contribution in [0.25, 0.3) is 0 Å². The van der Waals surface area contributed by atoms with Gasteiger partial charge in [0.1, 0.15) is 5.75 Å². The van der Waals surface area contributed by atoms with Crippen LogP contribution in [0.3, 0.4) is 0 Å². The number of amides is 1. The van der Waals surface area contributed by atoms with Gasteiger partial charge in [-0.3, -0.25) is 4.79 Å². The SMILES string of the molecule is CC(=O)NC(CCO)c1cc(Cl)cc(Br)c1O. The smallest absolute Gasteiger partial charge is 0.217 e. The Hall–Kier alpha value is -0.780. The van der Waals surface area contributed by atoms with Crippen molar-refractivity contribution in [3.8, 4) is 5.75 Å². The van der Waals surface area contributed by atoms with Crippen LogP contribution in [0.2, 0.25) is 5.02 Å². The first-order chi connectivity index (χ1) is 7.95. The molecule has 1 aromatic carbocycles. The van der Waals surface area contributed by atoms with Gasteiger partial charge in [0.05, 0.1) is 10.5 Å². The summed E-state index contributed by atoms with van der Waals surface area (Å²) < 4.78 is 0.452. The monoisotopic (exact) mass is 321 g/mol. The molecule has 4 nitrogen and oxygen atoms in total. The molecule has 0 saturated carbocycles. The van der Waals surface area contributed by atoms with Gasteiger partial charge in [0.25, 0.3) is 0 Å². The number of phenols is 1. The highest BCUT2D eigenvalue weighted by Gasteiger charge is 2.18. The molecule has 0 aliphatic carbocycles. The molecule has 0 aliphatic heterocycles. The fourth-order valence-electron chi connectivity index (χ4n) is 1.53. The van der Waals surface area contributed by atoms with Gasteiger partial charge in [-0.05, 0) is 34.5 Å². The van der Waals surface area contributed by atoms with Gasteiger partial charge in [-0.15, -0.1) is 0 Å². The van der Waals surface area contributed by atoms with Crippen LogP contribution in [-0.2, 0) is 4.79 Å². The minimum atomic E-state index is -0.465. The highest BCUT2D eigenvalue weighted by Crippen LogP contribution is 2.36. The third-order valence-electron chi connectivity index (χ3n) is 2.23. The van der Waals surface area contributed by atoms with Crippen molar-refractivity contribution in [1.29, 1.82) is 0 Å². The van der Waals surface area contributed by atoms with Gasteiger partial charge in [-0.25, -0.2) is 0 Å². The van der Waals surface area contributed by atoms with Gasteiger partial charge in [-0.1, -0.05) is 11.6 Å². The number of aliphatic hydroxyl groups excluding tert-OH is 1. The first kappa shape index (κ1) is 14.3. The summed E-state index contributed by atoms with van der Waals surface area (Å²) in [5.41, 5.74) is 0.480. The number of aliphatic hydroxyl groups is 1. The quantitative estimate of drug-likeness (QED) is 0.797. The van der Waals surface area contributed by atoms with Crippen molar-refractivity contribution in [2.75, 3.05) is 6.61 Å². The van der Waals surface area contributed by atoms with Crippen molar-refractivity contribution in [3.63, 3.8) is 0 Å². The fourth-order valence-corrected chi connectivity index (χ4v) is 2.37. The van der Waals surface area contributed by atoms with Gasteiger partial charge in [-0.2, -0.15) is 0 Å². The van der Waals surface area contributed by atoms with E-state index in [1.807, 2.05) is 0 Å². The largest absolute Gasteiger partial charge is 0.506 e. The zero-order valence-corrected chi connectivity index (χ0v) is 11.5. The Morgan fingerprint density at radius 1 is 1.59 bits per heavy atom. The van der Waals surface area contributed by atoms with Crippen molar-refractivity contribution in [2.24, 2.45) is 0 Å². The molecule has 6 heteroatoms. The van der Waals surface area contributed by atoms with Gasteiger partial charge in [0.2, 0.25) is 5.91 Å². The summed E-state index contributed by atoms with van der Waals surface area (Å²) in [7, 11) is 0. The number of hydrogen-bond donors (Lipinski definition) is 3. The van der Waals surface area contributed by atoms with Crippen molar-refractivity contribution in [3.05, 3.63) is 27.2 Å². The number of nitrogens with one attached hydrogen (secondary N) is 1. The predicted molar refractivity (Wildman–Crippen MR) is 69.1 cm³/mol. The van der Waals surface area contributed by atoms with E-state index in [9.17, 15) is 9.90 Å². The zero-order chi connectivity index (χ0) is 13.0. The van der Waals surface area contributed by atoms with E-state index in [2.05, 4.69) is 21.2 Å². The Morgan fingerprint density at radius 3 is 2.76 bits per heavy atom. The maximum atomic E-state index is 11.1. The Bertz CT molecular complexity index is 425. The Labute approximate surface area is 113 Å². The van der Waals surface area contributed by atoms with Crippen molar-refractivity contribution in [2.45, 2.75) is 19.4 Å². The number of aromatic hydroxyl groups is 1. The average molecular weight is 323 g/mol. The summed E-state index contributed by atoms with van der Waals surface area (Å²) in [4.78, 5) is 11.1. The number of carbonyl (C=O) groups excluding carboxylic acids is 1. The lowest BCUT2D eigenvalue weighted by atomic mass is 10.0. The molecule has 1 atom stereocenters. The van der Waals surface area contributed by atoms with Crippen LogP contribution in [-0.4, -0.2) is 22.7 Å². The minimum Gasteiger partial charge on any atom is -0.506 e. The van der Waals surface area contributed by atoms with E-state index in [0.29, 0.717) is 21.5 Å². The number of carbonyl (C=O) groups is 1. The van der Waals surface area contributed by atoms with E-state index in [0.717, 1.165) is 0 Å². The highest BCUT2D eigenvalue weighted by molar-refractivity contribution is 9.10. The second-order valence-corrected chi connectivity index (χ2v) is 4.88. The van der Waals surface area contributed by atoms with E-state index in [4.69, 9.17) is 16.7 Å². The second kappa shape index (κ2) is 6.23. The summed E-state index contributed by atoms with van der Waals surface area (Å²) in [6.45, 7) is 1.27. The molecule has 0 fully saturated rings. The predicted octanol–water partition coefficient (Wildman–Crippen LogP) is 2.37. The molecule has 0 aromatic heterocycles. The maximum absolute atomic E-state index is 11.1. The molecule has 1 amide bonds. The van der Waals surface area contributed by atoms with Crippen molar-refractivity contribution >= 4 is 33.4 Å². The topological polar surface area (TPSA) is 69.6 Å². The first-order valence-electron chi connectivity index (χ1n) is 5.01. The second-order valence-electron chi connectivity index (χ2n) is 3.59. The van der Waals surface area contributed by atoms with E-state index >= 15 is 0 Å². The van der Waals surface area contributed by atoms with Crippen molar-refractivity contribution < 1.29 is 15.0 Å². The number of benzene rings is 1. The molecule has 17 heavy (non-hydrogen) atoms. The normalized spacial score (nSPS) is 12.2. The number of rotatable bonds is 4. The number of phenolic OH excluding ortho intramolecular Hbond substituents is 1. The summed E-state index contributed by atoms with van der Waals surface area (Å²) in [5.74, 6) is -0.222. The van der Waals surface area contributed by atoms with Crippen LogP contribution in [0, 0.1) is 0 Å². The molecule has 3 N–H and O–H groups in total. The average Bonchev–Trinajstić information content (AvgIpc) is 2.22. The van der Waals surface area contributed by atoms with E-state index in [1.54, 1.807) is 12.1 Å². The van der Waals surface area contributed by atoms with Crippen LogP contribution in [0.4, 0.5) is 0 Å². The van der Waals surface area contributed by atoms with Gasteiger partial charge >= 0.3 is 0 Å². The van der Waals surface area contributed by atoms with Gasteiger partial charge in [0.15, 0.2) is 0 Å². The van der Waals surface area contributed by atoms with Crippen LogP contribution in [0.15, 0.2) is 16.6 Å². The fraction of sp³-hybridized carbons (Fsp3) is 0.364. The lowest BCUT2D eigenvalue weighted by molar-refractivity contribution is -0.119. The summed E-state index contributed by atoms with van der Waals surface area (Å²) in [6.07, 6.45) is 0.305. The van der Waals surface area contributed by atoms with Crippen LogP contribution >= 0.6 is 27.5 Å². The highest BCUT2D eigenvalue weighted by atomic mass is 79.9. The van der Waals surface area contributed by atoms with E-state index < -0.39 is 6.04 Å². The minimum absolute atomic E-state index is 0.0154. The van der Waals surface area contributed by atoms with E-state index in [1.165, 1.54) is 6.92 Å². The van der Waals surface area contributed by atoms with Crippen LogP contribution in [0.5, 0.6) is 5.75 Å². The van der Waals surface area contributed by atoms with E-state index in [-0.39, 0.29) is 18.3 Å². The Kier molecular flexibility index (Phi) is 5.24. The third-order valence-corrected chi connectivity index (χ3v) is 3.05. The van der Waals surface area contributed by atoms with Gasteiger partial charge in [0, 0.05) is 24.1 Å². The molecule has 0 spiro atoms. The Balaban J connectivity index is 3.12. The van der Waals surface area contributed by atoms with Crippen LogP contribution < -0.4 is 5.32 Å². The molecular weight excluding hydrogens is 309 g/mol. The molecule has 0 aliphatic rings. The van der Waals surface area contributed by atoms with Gasteiger partial charge < -0.3 is 15.5 Å². The summed E-state index contributed by atoms with van der Waals surface area (Å²) >= 11 is 9.06. The third kappa shape index (κ3) is 3.87. The maximum Gasteiger partial charge on any atom is 0.217 e. The lowest BCUT2D eigenvalue weighted by Crippen LogP contribution is -2.26. The van der Waals surface area contributed by atoms with Crippen molar-refractivity contribution in [1.82, 2.24) is 5.32 Å². The molecule has 0 bridgehead atoms. The number of hydrogen-bond acceptors (Lipinski definition) is 3. The molecule has 0 heterocycles. The first-order valence-corrected chi connectivity index (χ1v) is 6.18. The van der Waals surface area contributed by atoms with Crippen LogP contribution in [0.1, 0.15) is 24.9 Å². The number of halogens is 2. The molecule has 0 saturated heterocycles. The zero-order valence-electron chi connectivity index (χ0n) is 9.20. The molecule has 1 unspecified atom stereocenters.